The second kappa shape index (κ2) is 7.66. The van der Waals surface area contributed by atoms with Gasteiger partial charge in [0.25, 0.3) is 5.56 Å². The van der Waals surface area contributed by atoms with Crippen LogP contribution >= 0.6 is 11.6 Å². The highest BCUT2D eigenvalue weighted by atomic mass is 35.5. The molecule has 0 amide bonds. The van der Waals surface area contributed by atoms with E-state index in [4.69, 9.17) is 16.3 Å². The lowest BCUT2D eigenvalue weighted by molar-refractivity contribution is 0.412. The van der Waals surface area contributed by atoms with Crippen LogP contribution in [0.4, 0.5) is 0 Å². The second-order valence-corrected chi connectivity index (χ2v) is 7.92. The average molecular weight is 444 g/mol. The fourth-order valence-corrected chi connectivity index (χ4v) is 4.30. The van der Waals surface area contributed by atoms with Gasteiger partial charge in [-0.2, -0.15) is 0 Å². The Balaban J connectivity index is 1.73. The van der Waals surface area contributed by atoms with Crippen molar-refractivity contribution >= 4 is 33.3 Å². The minimum atomic E-state index is -0.537. The lowest BCUT2D eigenvalue weighted by Crippen LogP contribution is -2.33. The van der Waals surface area contributed by atoms with Gasteiger partial charge in [0.2, 0.25) is 0 Å². The van der Waals surface area contributed by atoms with Crippen molar-refractivity contribution in [3.8, 4) is 22.6 Å². The highest BCUT2D eigenvalue weighted by Gasteiger charge is 2.15. The van der Waals surface area contributed by atoms with Crippen LogP contribution in [-0.2, 0) is 0 Å². The number of halogens is 1. The first kappa shape index (κ1) is 20.0. The number of rotatable bonds is 3. The topological polar surface area (TPSA) is 77.0 Å². The molecule has 0 aliphatic carbocycles. The van der Waals surface area contributed by atoms with Crippen LogP contribution in [-0.4, -0.2) is 21.6 Å². The molecule has 5 rings (SSSR count). The van der Waals surface area contributed by atoms with E-state index in [0.717, 1.165) is 32.0 Å². The molecule has 0 atom stereocenters. The molecular formula is C25H18ClN3O3. The Morgan fingerprint density at radius 3 is 2.62 bits per heavy atom. The predicted molar refractivity (Wildman–Crippen MR) is 127 cm³/mol. The second-order valence-electron chi connectivity index (χ2n) is 7.51. The smallest absolute Gasteiger partial charge is 0.333 e. The molecular weight excluding hydrogens is 426 g/mol. The van der Waals surface area contributed by atoms with Crippen molar-refractivity contribution in [2.45, 2.75) is 6.92 Å². The number of hydrogen-bond acceptors (Lipinski definition) is 4. The molecule has 6 nitrogen and oxygen atoms in total. The summed E-state index contributed by atoms with van der Waals surface area (Å²) in [6.45, 7) is 1.91. The van der Waals surface area contributed by atoms with E-state index in [1.165, 1.54) is 6.20 Å². The van der Waals surface area contributed by atoms with Gasteiger partial charge in [-0.15, -0.1) is 0 Å². The van der Waals surface area contributed by atoms with Gasteiger partial charge in [0.1, 0.15) is 5.75 Å². The minimum absolute atomic E-state index is 0.386. The van der Waals surface area contributed by atoms with E-state index in [0.29, 0.717) is 27.4 Å². The summed E-state index contributed by atoms with van der Waals surface area (Å²) in [5.41, 5.74) is 2.34. The monoisotopic (exact) mass is 443 g/mol. The predicted octanol–water partition coefficient (Wildman–Crippen LogP) is 4.86. The molecule has 0 saturated carbocycles. The largest absolute Gasteiger partial charge is 0.496 e. The van der Waals surface area contributed by atoms with Crippen molar-refractivity contribution in [1.29, 1.82) is 0 Å². The SMILES string of the molecule is COc1cc(-c2ccc3c(=O)n(-c4cncc5ccccc45)c(=O)[nH]c3c2)c(Cl)cc1C. The molecule has 1 N–H and O–H groups in total. The normalized spacial score (nSPS) is 11.2. The Labute approximate surface area is 187 Å². The van der Waals surface area contributed by atoms with Gasteiger partial charge in [0.05, 0.1) is 29.9 Å². The molecule has 2 aromatic heterocycles. The summed E-state index contributed by atoms with van der Waals surface area (Å²) in [5, 5.41) is 2.55. The number of methoxy groups -OCH3 is 1. The first-order valence-electron chi connectivity index (χ1n) is 9.94. The van der Waals surface area contributed by atoms with Crippen molar-refractivity contribution in [1.82, 2.24) is 14.5 Å². The van der Waals surface area contributed by atoms with Crippen molar-refractivity contribution in [3.05, 3.63) is 98.4 Å². The molecule has 0 aliphatic heterocycles. The van der Waals surface area contributed by atoms with E-state index in [1.807, 2.05) is 49.4 Å². The Bertz CT molecular complexity index is 1630. The van der Waals surface area contributed by atoms with Gasteiger partial charge >= 0.3 is 5.69 Å². The van der Waals surface area contributed by atoms with Crippen LogP contribution in [0.15, 0.2) is 76.6 Å². The number of nitrogens with one attached hydrogen (secondary N) is 1. The van der Waals surface area contributed by atoms with Crippen LogP contribution in [0.1, 0.15) is 5.56 Å². The Kier molecular flexibility index (Phi) is 4.79. The Morgan fingerprint density at radius 1 is 1.00 bits per heavy atom. The third kappa shape index (κ3) is 3.16. The van der Waals surface area contributed by atoms with Crippen molar-refractivity contribution < 1.29 is 4.74 Å². The summed E-state index contributed by atoms with van der Waals surface area (Å²) in [7, 11) is 1.60. The zero-order valence-corrected chi connectivity index (χ0v) is 18.1. The number of pyridine rings is 1. The Hall–Kier alpha value is -3.90. The molecule has 3 aromatic carbocycles. The molecule has 0 saturated heterocycles. The summed E-state index contributed by atoms with van der Waals surface area (Å²) in [4.78, 5) is 33.4. The summed E-state index contributed by atoms with van der Waals surface area (Å²) >= 11 is 6.47. The van der Waals surface area contributed by atoms with E-state index >= 15 is 0 Å². The highest BCUT2D eigenvalue weighted by molar-refractivity contribution is 6.33. The first-order chi connectivity index (χ1) is 15.5. The van der Waals surface area contributed by atoms with Crippen LogP contribution in [0, 0.1) is 6.92 Å². The number of fused-ring (bicyclic) bond motifs is 2. The van der Waals surface area contributed by atoms with Crippen LogP contribution in [0.2, 0.25) is 5.02 Å². The third-order valence-electron chi connectivity index (χ3n) is 5.58. The van der Waals surface area contributed by atoms with Crippen molar-refractivity contribution in [3.63, 3.8) is 0 Å². The van der Waals surface area contributed by atoms with Gasteiger partial charge in [-0.1, -0.05) is 41.9 Å². The highest BCUT2D eigenvalue weighted by Crippen LogP contribution is 2.34. The standard InChI is InChI=1S/C25H18ClN3O3/c1-14-9-20(26)19(11-23(14)32-2)15-7-8-18-21(10-15)28-25(31)29(24(18)30)22-13-27-12-16-5-3-4-6-17(16)22/h3-13H,1-2H3,(H,28,31). The van der Waals surface area contributed by atoms with Gasteiger partial charge in [-0.05, 0) is 42.3 Å². The lowest BCUT2D eigenvalue weighted by atomic mass is 10.0. The van der Waals surface area contributed by atoms with E-state index in [1.54, 1.807) is 25.4 Å². The third-order valence-corrected chi connectivity index (χ3v) is 5.89. The molecule has 5 aromatic rings. The lowest BCUT2D eigenvalue weighted by Gasteiger charge is -2.12. The molecule has 2 heterocycles. The maximum Gasteiger partial charge on any atom is 0.333 e. The number of nitrogens with zero attached hydrogens (tertiary/aromatic N) is 2. The fourth-order valence-electron chi connectivity index (χ4n) is 3.98. The molecule has 0 aliphatic rings. The van der Waals surface area contributed by atoms with Crippen LogP contribution in [0.5, 0.6) is 5.75 Å². The van der Waals surface area contributed by atoms with Crippen molar-refractivity contribution in [2.75, 3.05) is 7.11 Å². The van der Waals surface area contributed by atoms with E-state index in [2.05, 4.69) is 9.97 Å². The first-order valence-corrected chi connectivity index (χ1v) is 10.3. The van der Waals surface area contributed by atoms with Gasteiger partial charge in [-0.25, -0.2) is 9.36 Å². The van der Waals surface area contributed by atoms with E-state index in [-0.39, 0.29) is 0 Å². The van der Waals surface area contributed by atoms with Gasteiger partial charge in [0, 0.05) is 27.6 Å². The fraction of sp³-hybridized carbons (Fsp3) is 0.0800. The van der Waals surface area contributed by atoms with E-state index < -0.39 is 11.2 Å². The maximum atomic E-state index is 13.3. The Morgan fingerprint density at radius 2 is 1.81 bits per heavy atom. The number of hydrogen-bond donors (Lipinski definition) is 1. The van der Waals surface area contributed by atoms with Gasteiger partial charge < -0.3 is 9.72 Å². The minimum Gasteiger partial charge on any atom is -0.496 e. The molecule has 0 fully saturated rings. The van der Waals surface area contributed by atoms with Crippen LogP contribution in [0.25, 0.3) is 38.5 Å². The number of aryl methyl sites for hydroxylation is 1. The summed E-state index contributed by atoms with van der Waals surface area (Å²) in [6, 6.07) is 16.4. The van der Waals surface area contributed by atoms with Crippen LogP contribution < -0.4 is 16.0 Å². The van der Waals surface area contributed by atoms with Gasteiger partial charge in [-0.3, -0.25) is 9.78 Å². The van der Waals surface area contributed by atoms with E-state index in [9.17, 15) is 9.59 Å². The zero-order chi connectivity index (χ0) is 22.4. The summed E-state index contributed by atoms with van der Waals surface area (Å²) < 4.78 is 6.54. The molecule has 32 heavy (non-hydrogen) atoms. The molecule has 0 radical (unpaired) electrons. The molecule has 0 spiro atoms. The summed E-state index contributed by atoms with van der Waals surface area (Å²) in [6.07, 6.45) is 3.22. The number of benzene rings is 3. The van der Waals surface area contributed by atoms with Crippen molar-refractivity contribution in [2.24, 2.45) is 0 Å². The quantitative estimate of drug-likeness (QED) is 0.432. The molecule has 0 bridgehead atoms. The molecule has 7 heteroatoms. The number of H-pyrrole nitrogens is 1. The van der Waals surface area contributed by atoms with Gasteiger partial charge in [0.15, 0.2) is 0 Å². The maximum absolute atomic E-state index is 13.3. The summed E-state index contributed by atoms with van der Waals surface area (Å²) in [5.74, 6) is 0.705. The average Bonchev–Trinajstić information content (AvgIpc) is 2.79. The molecule has 0 unspecified atom stereocenters. The number of ether oxygens (including phenoxy) is 1. The van der Waals surface area contributed by atoms with Crippen LogP contribution in [0.3, 0.4) is 0 Å². The number of aromatic amines is 1. The zero-order valence-electron chi connectivity index (χ0n) is 17.3. The number of aromatic nitrogens is 3. The molecule has 158 valence electrons.